The lowest BCUT2D eigenvalue weighted by Crippen LogP contribution is -2.48. The molecule has 0 radical (unpaired) electrons. The molecule has 1 N–H and O–H groups in total. The number of hydrogen-bond donors (Lipinski definition) is 1. The van der Waals surface area contributed by atoms with Crippen molar-refractivity contribution in [2.24, 2.45) is 11.8 Å². The van der Waals surface area contributed by atoms with Crippen molar-refractivity contribution in [3.63, 3.8) is 0 Å². The van der Waals surface area contributed by atoms with Gasteiger partial charge in [-0.15, -0.1) is 0 Å². The number of aliphatic hydroxyl groups is 1. The monoisotopic (exact) mass is 385 g/mol. The average molecular weight is 386 g/mol. The van der Waals surface area contributed by atoms with Crippen LogP contribution in [-0.2, 0) is 4.79 Å². The number of amides is 3. The Hall–Kier alpha value is -2.08. The first-order valence-electron chi connectivity index (χ1n) is 10.4. The van der Waals surface area contributed by atoms with E-state index in [1.165, 1.54) is 11.1 Å². The molecule has 0 aromatic heterocycles. The minimum absolute atomic E-state index is 0.0231. The molecule has 1 saturated carbocycles. The predicted octanol–water partition coefficient (Wildman–Crippen LogP) is 2.41. The van der Waals surface area contributed by atoms with Crippen LogP contribution in [-0.4, -0.2) is 71.1 Å². The van der Waals surface area contributed by atoms with Crippen molar-refractivity contribution in [1.29, 1.82) is 0 Å². The van der Waals surface area contributed by atoms with Crippen molar-refractivity contribution >= 4 is 11.9 Å². The van der Waals surface area contributed by atoms with Crippen molar-refractivity contribution in [2.75, 3.05) is 33.7 Å². The molecule has 2 heterocycles. The van der Waals surface area contributed by atoms with E-state index in [1.54, 1.807) is 19.0 Å². The van der Waals surface area contributed by atoms with Crippen molar-refractivity contribution in [3.8, 4) is 0 Å². The first-order valence-corrected chi connectivity index (χ1v) is 10.4. The molecule has 6 nitrogen and oxygen atoms in total. The summed E-state index contributed by atoms with van der Waals surface area (Å²) in [5.74, 6) is 0.356. The van der Waals surface area contributed by atoms with Crippen LogP contribution in [0.5, 0.6) is 0 Å². The van der Waals surface area contributed by atoms with E-state index in [2.05, 4.69) is 19.1 Å². The molecule has 3 fully saturated rings. The van der Waals surface area contributed by atoms with E-state index in [4.69, 9.17) is 0 Å². The fourth-order valence-corrected chi connectivity index (χ4v) is 5.45. The summed E-state index contributed by atoms with van der Waals surface area (Å²) in [6.07, 6.45) is 2.98. The molecule has 1 aliphatic carbocycles. The number of carbonyl (C=O) groups is 2. The lowest BCUT2D eigenvalue weighted by atomic mass is 9.87. The Kier molecular flexibility index (Phi) is 4.86. The van der Waals surface area contributed by atoms with E-state index in [1.807, 2.05) is 21.9 Å². The van der Waals surface area contributed by atoms with Gasteiger partial charge >= 0.3 is 6.03 Å². The summed E-state index contributed by atoms with van der Waals surface area (Å²) in [5.41, 5.74) is 1.17. The molecular formula is C22H31N3O3. The fourth-order valence-electron chi connectivity index (χ4n) is 5.45. The number of benzene rings is 1. The lowest BCUT2D eigenvalue weighted by Gasteiger charge is -2.34. The van der Waals surface area contributed by atoms with Crippen LogP contribution >= 0.6 is 0 Å². The molecule has 2 saturated heterocycles. The Morgan fingerprint density at radius 1 is 1.11 bits per heavy atom. The van der Waals surface area contributed by atoms with E-state index in [0.717, 1.165) is 12.8 Å². The van der Waals surface area contributed by atoms with Crippen LogP contribution in [0.25, 0.3) is 0 Å². The zero-order valence-corrected chi connectivity index (χ0v) is 17.1. The maximum absolute atomic E-state index is 13.0. The second kappa shape index (κ2) is 7.07. The molecular weight excluding hydrogens is 354 g/mol. The highest BCUT2D eigenvalue weighted by Crippen LogP contribution is 2.47. The third kappa shape index (κ3) is 3.08. The van der Waals surface area contributed by atoms with Gasteiger partial charge in [0, 0.05) is 45.6 Å². The quantitative estimate of drug-likeness (QED) is 0.850. The summed E-state index contributed by atoms with van der Waals surface area (Å²) in [6, 6.07) is 8.22. The number of fused-ring (bicyclic) bond motifs is 1. The zero-order valence-electron chi connectivity index (χ0n) is 17.1. The molecule has 4 rings (SSSR count). The minimum Gasteiger partial charge on any atom is -0.380 e. The maximum Gasteiger partial charge on any atom is 0.320 e. The molecule has 3 amide bonds. The molecule has 28 heavy (non-hydrogen) atoms. The van der Waals surface area contributed by atoms with Crippen LogP contribution in [0.15, 0.2) is 24.3 Å². The van der Waals surface area contributed by atoms with Crippen molar-refractivity contribution in [2.45, 2.75) is 44.2 Å². The van der Waals surface area contributed by atoms with E-state index < -0.39 is 5.60 Å². The normalized spacial score (nSPS) is 28.5. The van der Waals surface area contributed by atoms with Gasteiger partial charge in [0.15, 0.2) is 0 Å². The van der Waals surface area contributed by atoms with Crippen LogP contribution in [0.2, 0.25) is 0 Å². The summed E-state index contributed by atoms with van der Waals surface area (Å²) in [5, 5.41) is 10.8. The number of carbonyl (C=O) groups excluding carboxylic acids is 2. The first-order chi connectivity index (χ1) is 13.3. The highest BCUT2D eigenvalue weighted by molar-refractivity contribution is 5.85. The van der Waals surface area contributed by atoms with Gasteiger partial charge in [-0.2, -0.15) is 0 Å². The Labute approximate surface area is 167 Å². The highest BCUT2D eigenvalue weighted by Gasteiger charge is 2.53. The second-order valence-corrected chi connectivity index (χ2v) is 9.00. The number of likely N-dealkylation sites (tertiary alicyclic amines) is 2. The van der Waals surface area contributed by atoms with Crippen molar-refractivity contribution in [3.05, 3.63) is 35.4 Å². The Morgan fingerprint density at radius 3 is 2.43 bits per heavy atom. The SMILES string of the molecule is Cc1ccccc1[C@H]1[C@@H]2CN(C(=O)C3(O)CCCC3)C[C@@H]2CN1C(=O)N(C)C. The summed E-state index contributed by atoms with van der Waals surface area (Å²) in [7, 11) is 3.58. The molecule has 6 heteroatoms. The average Bonchev–Trinajstić information content (AvgIpc) is 3.35. The Morgan fingerprint density at radius 2 is 1.79 bits per heavy atom. The van der Waals surface area contributed by atoms with Gasteiger partial charge in [0.1, 0.15) is 5.60 Å². The third-order valence-corrected chi connectivity index (χ3v) is 6.92. The fraction of sp³-hybridized carbons (Fsp3) is 0.636. The van der Waals surface area contributed by atoms with Gasteiger partial charge in [0.2, 0.25) is 0 Å². The van der Waals surface area contributed by atoms with E-state index in [9.17, 15) is 14.7 Å². The van der Waals surface area contributed by atoms with Crippen LogP contribution in [0, 0.1) is 18.8 Å². The van der Waals surface area contributed by atoms with Gasteiger partial charge in [-0.1, -0.05) is 24.3 Å². The second-order valence-electron chi connectivity index (χ2n) is 9.00. The predicted molar refractivity (Wildman–Crippen MR) is 107 cm³/mol. The van der Waals surface area contributed by atoms with Crippen LogP contribution in [0.3, 0.4) is 0 Å². The largest absolute Gasteiger partial charge is 0.380 e. The van der Waals surface area contributed by atoms with Crippen LogP contribution in [0.4, 0.5) is 4.79 Å². The topological polar surface area (TPSA) is 64.1 Å². The Balaban J connectivity index is 1.61. The number of rotatable bonds is 2. The molecule has 0 spiro atoms. The van der Waals surface area contributed by atoms with Gasteiger partial charge in [0.25, 0.3) is 5.91 Å². The van der Waals surface area contributed by atoms with Gasteiger partial charge in [-0.3, -0.25) is 4.79 Å². The molecule has 0 bridgehead atoms. The number of aryl methyl sites for hydroxylation is 1. The van der Waals surface area contributed by atoms with Crippen molar-refractivity contribution in [1.82, 2.24) is 14.7 Å². The van der Waals surface area contributed by atoms with E-state index >= 15 is 0 Å². The van der Waals surface area contributed by atoms with Gasteiger partial charge in [0.05, 0.1) is 6.04 Å². The smallest absolute Gasteiger partial charge is 0.320 e. The van der Waals surface area contributed by atoms with Gasteiger partial charge in [-0.05, 0) is 43.7 Å². The van der Waals surface area contributed by atoms with Crippen LogP contribution in [0.1, 0.15) is 42.9 Å². The molecule has 152 valence electrons. The summed E-state index contributed by atoms with van der Waals surface area (Å²) in [6.45, 7) is 3.98. The number of urea groups is 1. The van der Waals surface area contributed by atoms with E-state index in [0.29, 0.717) is 32.5 Å². The molecule has 1 aromatic rings. The van der Waals surface area contributed by atoms with Gasteiger partial charge in [-0.25, -0.2) is 4.79 Å². The molecule has 3 aliphatic rings. The summed E-state index contributed by atoms with van der Waals surface area (Å²) < 4.78 is 0. The Bertz CT molecular complexity index is 772. The lowest BCUT2D eigenvalue weighted by molar-refractivity contribution is -0.150. The minimum atomic E-state index is -1.17. The first kappa shape index (κ1) is 19.2. The van der Waals surface area contributed by atoms with Gasteiger partial charge < -0.3 is 19.8 Å². The summed E-state index contributed by atoms with van der Waals surface area (Å²) >= 11 is 0. The number of hydrogen-bond acceptors (Lipinski definition) is 3. The van der Waals surface area contributed by atoms with Crippen LogP contribution < -0.4 is 0 Å². The summed E-state index contributed by atoms with van der Waals surface area (Å²) in [4.78, 5) is 31.4. The third-order valence-electron chi connectivity index (χ3n) is 6.92. The zero-order chi connectivity index (χ0) is 20.1. The molecule has 2 aliphatic heterocycles. The van der Waals surface area contributed by atoms with Crippen molar-refractivity contribution < 1.29 is 14.7 Å². The highest BCUT2D eigenvalue weighted by atomic mass is 16.3. The molecule has 3 atom stereocenters. The number of nitrogens with zero attached hydrogens (tertiary/aromatic N) is 3. The molecule has 1 aromatic carbocycles. The van der Waals surface area contributed by atoms with E-state index in [-0.39, 0.29) is 29.8 Å². The molecule has 0 unspecified atom stereocenters. The standard InChI is InChI=1S/C22H31N3O3/c1-15-8-4-5-9-17(15)19-18-14-24(20(26)22(28)10-6-7-11-22)12-16(18)13-25(19)21(27)23(2)3/h4-5,8-9,16,18-19,28H,6-7,10-14H2,1-3H3/t16-,18-,19+/m1/s1. The maximum atomic E-state index is 13.0.